The number of carbonyl (C=O) groups excluding carboxylic acids is 2. The van der Waals surface area contributed by atoms with Gasteiger partial charge in [-0.15, -0.1) is 0 Å². The normalized spacial score (nSPS) is 11.9. The fourth-order valence-electron chi connectivity index (χ4n) is 3.93. The first-order valence-electron chi connectivity index (χ1n) is 12.7. The van der Waals surface area contributed by atoms with Crippen molar-refractivity contribution in [2.75, 3.05) is 24.0 Å². The van der Waals surface area contributed by atoms with Crippen molar-refractivity contribution in [2.45, 2.75) is 45.2 Å². The Balaban J connectivity index is 2.02. The third-order valence-electron chi connectivity index (χ3n) is 6.11. The number of ether oxygens (including phenoxy) is 1. The molecule has 10 heteroatoms. The number of nitrogens with zero attached hydrogens (tertiary/aromatic N) is 2. The Bertz CT molecular complexity index is 1360. The van der Waals surface area contributed by atoms with Gasteiger partial charge in [0.1, 0.15) is 18.3 Å². The Morgan fingerprint density at radius 2 is 1.56 bits per heavy atom. The first-order chi connectivity index (χ1) is 18.6. The van der Waals surface area contributed by atoms with Gasteiger partial charge in [0, 0.05) is 18.1 Å². The molecule has 0 aliphatic heterocycles. The molecule has 3 rings (SSSR count). The number of benzene rings is 3. The molecule has 1 atom stereocenters. The van der Waals surface area contributed by atoms with E-state index in [9.17, 15) is 18.0 Å². The van der Waals surface area contributed by atoms with E-state index in [1.54, 1.807) is 74.5 Å². The molecule has 0 saturated heterocycles. The van der Waals surface area contributed by atoms with Crippen LogP contribution in [0.3, 0.4) is 0 Å². The molecule has 0 heterocycles. The summed E-state index contributed by atoms with van der Waals surface area (Å²) in [7, 11) is -4.13. The van der Waals surface area contributed by atoms with Crippen molar-refractivity contribution in [3.05, 3.63) is 88.9 Å². The van der Waals surface area contributed by atoms with Gasteiger partial charge in [-0.05, 0) is 81.8 Å². The highest BCUT2D eigenvalue weighted by Gasteiger charge is 2.32. The lowest BCUT2D eigenvalue weighted by Crippen LogP contribution is -2.51. The minimum absolute atomic E-state index is 0.0517. The van der Waals surface area contributed by atoms with Gasteiger partial charge in [0.25, 0.3) is 10.0 Å². The fraction of sp³-hybridized carbons (Fsp3) is 0.310. The highest BCUT2D eigenvalue weighted by molar-refractivity contribution is 7.92. The molecule has 0 spiro atoms. The van der Waals surface area contributed by atoms with Crippen LogP contribution in [0.5, 0.6) is 5.75 Å². The predicted molar refractivity (Wildman–Crippen MR) is 153 cm³/mol. The highest BCUT2D eigenvalue weighted by Crippen LogP contribution is 2.27. The zero-order valence-electron chi connectivity index (χ0n) is 22.6. The van der Waals surface area contributed by atoms with E-state index < -0.39 is 28.5 Å². The molecular weight excluding hydrogens is 538 g/mol. The first kappa shape index (κ1) is 30.0. The van der Waals surface area contributed by atoms with Crippen LogP contribution >= 0.6 is 11.6 Å². The average Bonchev–Trinajstić information content (AvgIpc) is 2.92. The maximum Gasteiger partial charge on any atom is 0.264 e. The monoisotopic (exact) mass is 571 g/mol. The summed E-state index contributed by atoms with van der Waals surface area (Å²) in [6.45, 7) is 7.56. The Morgan fingerprint density at radius 1 is 0.949 bits per heavy atom. The molecule has 3 aromatic rings. The molecular formula is C29H34ClN3O5S. The summed E-state index contributed by atoms with van der Waals surface area (Å²) in [5.74, 6) is -0.295. The minimum Gasteiger partial charge on any atom is -0.494 e. The van der Waals surface area contributed by atoms with Gasteiger partial charge in [0.15, 0.2) is 0 Å². The number of nitrogens with one attached hydrogen (secondary N) is 1. The van der Waals surface area contributed by atoms with Crippen LogP contribution in [-0.4, -0.2) is 50.9 Å². The molecule has 0 fully saturated rings. The van der Waals surface area contributed by atoms with E-state index in [2.05, 4.69) is 5.32 Å². The topological polar surface area (TPSA) is 96.0 Å². The quantitative estimate of drug-likeness (QED) is 0.337. The van der Waals surface area contributed by atoms with Gasteiger partial charge in [-0.25, -0.2) is 8.42 Å². The lowest BCUT2D eigenvalue weighted by atomic mass is 10.1. The molecule has 0 aliphatic rings. The zero-order valence-corrected chi connectivity index (χ0v) is 24.1. The molecule has 3 aromatic carbocycles. The molecule has 2 amide bonds. The summed E-state index contributed by atoms with van der Waals surface area (Å²) in [5, 5.41) is 3.28. The van der Waals surface area contributed by atoms with Crippen molar-refractivity contribution in [1.82, 2.24) is 10.2 Å². The molecule has 0 radical (unpaired) electrons. The van der Waals surface area contributed by atoms with Gasteiger partial charge < -0.3 is 15.0 Å². The van der Waals surface area contributed by atoms with Crippen LogP contribution in [0.2, 0.25) is 5.02 Å². The third kappa shape index (κ3) is 7.74. The average molecular weight is 572 g/mol. The van der Waals surface area contributed by atoms with Crippen molar-refractivity contribution in [3.63, 3.8) is 0 Å². The van der Waals surface area contributed by atoms with Crippen molar-refractivity contribution in [2.24, 2.45) is 0 Å². The predicted octanol–water partition coefficient (Wildman–Crippen LogP) is 4.80. The summed E-state index contributed by atoms with van der Waals surface area (Å²) >= 11 is 6.02. The van der Waals surface area contributed by atoms with Crippen molar-refractivity contribution in [1.29, 1.82) is 0 Å². The molecule has 0 aromatic heterocycles. The summed E-state index contributed by atoms with van der Waals surface area (Å²) in [6, 6.07) is 19.0. The zero-order chi connectivity index (χ0) is 28.6. The number of hydrogen-bond acceptors (Lipinski definition) is 5. The maximum atomic E-state index is 13.8. The fourth-order valence-corrected chi connectivity index (χ4v) is 5.47. The number of amides is 2. The number of halogens is 1. The second-order valence-corrected chi connectivity index (χ2v) is 11.3. The standard InChI is InChI=1S/C29H34ClN3O5S/c1-5-31-29(35)22(4)32(19-23-9-11-24(30)12-10-23)28(34)20-33(25-13-15-26(16-14-25)38-6-2)39(36,37)27-17-7-21(3)8-18-27/h7-18,22H,5-6,19-20H2,1-4H3,(H,31,35). The first-order valence-corrected chi connectivity index (χ1v) is 14.5. The van der Waals surface area contributed by atoms with Crippen LogP contribution in [0.15, 0.2) is 77.7 Å². The largest absolute Gasteiger partial charge is 0.494 e. The van der Waals surface area contributed by atoms with Gasteiger partial charge in [-0.1, -0.05) is 41.4 Å². The minimum atomic E-state index is -4.13. The summed E-state index contributed by atoms with van der Waals surface area (Å²) in [6.07, 6.45) is 0. The SMILES string of the molecule is CCNC(=O)C(C)N(Cc1ccc(Cl)cc1)C(=O)CN(c1ccc(OCC)cc1)S(=O)(=O)c1ccc(C)cc1. The number of anilines is 1. The van der Waals surface area contributed by atoms with Gasteiger partial charge in [0.05, 0.1) is 17.2 Å². The number of likely N-dealkylation sites (N-methyl/N-ethyl adjacent to an activating group) is 1. The molecule has 1 unspecified atom stereocenters. The summed E-state index contributed by atoms with van der Waals surface area (Å²) in [4.78, 5) is 28.0. The van der Waals surface area contributed by atoms with Crippen LogP contribution in [0.4, 0.5) is 5.69 Å². The molecule has 1 N–H and O–H groups in total. The second-order valence-electron chi connectivity index (χ2n) is 8.97. The summed E-state index contributed by atoms with van der Waals surface area (Å²) in [5.41, 5.74) is 1.95. The molecule has 208 valence electrons. The van der Waals surface area contributed by atoms with Crippen LogP contribution < -0.4 is 14.4 Å². The smallest absolute Gasteiger partial charge is 0.264 e. The Morgan fingerprint density at radius 3 is 2.13 bits per heavy atom. The second kappa shape index (κ2) is 13.5. The Labute approximate surface area is 235 Å². The van der Waals surface area contributed by atoms with E-state index in [0.717, 1.165) is 15.4 Å². The molecule has 0 saturated carbocycles. The Kier molecular flexibility index (Phi) is 10.4. The molecule has 8 nitrogen and oxygen atoms in total. The van der Waals surface area contributed by atoms with Crippen LogP contribution in [0, 0.1) is 6.92 Å². The Hall–Kier alpha value is -3.56. The van der Waals surface area contributed by atoms with Gasteiger partial charge in [0.2, 0.25) is 11.8 Å². The molecule has 0 bridgehead atoms. The highest BCUT2D eigenvalue weighted by atomic mass is 35.5. The van der Waals surface area contributed by atoms with Crippen molar-refractivity contribution >= 4 is 39.1 Å². The third-order valence-corrected chi connectivity index (χ3v) is 8.15. The van der Waals surface area contributed by atoms with Crippen LogP contribution in [0.1, 0.15) is 31.9 Å². The lowest BCUT2D eigenvalue weighted by Gasteiger charge is -2.32. The van der Waals surface area contributed by atoms with Gasteiger partial charge >= 0.3 is 0 Å². The van der Waals surface area contributed by atoms with E-state index in [-0.39, 0.29) is 17.3 Å². The van der Waals surface area contributed by atoms with Crippen LogP contribution in [-0.2, 0) is 26.2 Å². The number of carbonyl (C=O) groups is 2. The van der Waals surface area contributed by atoms with Gasteiger partial charge in [-0.2, -0.15) is 0 Å². The summed E-state index contributed by atoms with van der Waals surface area (Å²) < 4.78 is 34.3. The van der Waals surface area contributed by atoms with Gasteiger partial charge in [-0.3, -0.25) is 13.9 Å². The number of sulfonamides is 1. The number of aryl methyl sites for hydroxylation is 1. The van der Waals surface area contributed by atoms with Crippen LogP contribution in [0.25, 0.3) is 0 Å². The van der Waals surface area contributed by atoms with E-state index in [1.807, 2.05) is 13.8 Å². The van der Waals surface area contributed by atoms with Crippen molar-refractivity contribution in [3.8, 4) is 5.75 Å². The number of rotatable bonds is 12. The molecule has 39 heavy (non-hydrogen) atoms. The van der Waals surface area contributed by atoms with E-state index in [1.165, 1.54) is 17.0 Å². The lowest BCUT2D eigenvalue weighted by molar-refractivity contribution is -0.139. The maximum absolute atomic E-state index is 13.8. The van der Waals surface area contributed by atoms with E-state index in [4.69, 9.17) is 16.3 Å². The van der Waals surface area contributed by atoms with E-state index in [0.29, 0.717) is 29.6 Å². The van der Waals surface area contributed by atoms with Crippen molar-refractivity contribution < 1.29 is 22.7 Å². The molecule has 0 aliphatic carbocycles. The van der Waals surface area contributed by atoms with E-state index >= 15 is 0 Å². The number of hydrogen-bond donors (Lipinski definition) is 1.